The van der Waals surface area contributed by atoms with Gasteiger partial charge in [0.2, 0.25) is 11.8 Å². The summed E-state index contributed by atoms with van der Waals surface area (Å²) in [5, 5.41) is 2.37. The molecule has 34 heavy (non-hydrogen) atoms. The van der Waals surface area contributed by atoms with Gasteiger partial charge in [-0.05, 0) is 49.6 Å². The second-order valence-electron chi connectivity index (χ2n) is 8.18. The quantitative estimate of drug-likeness (QED) is 0.541. The first-order valence-electron chi connectivity index (χ1n) is 11.1. The molecular weight excluding hydrogens is 472 g/mol. The highest BCUT2D eigenvalue weighted by atomic mass is 32.2. The molecule has 0 bridgehead atoms. The SMILES string of the molecule is COc1ccc2nc(NC(=O)CN3C(=O)[C@@H](C(=O)N4CCCCC4)Sc4ccccc43)sc2c1. The number of aromatic nitrogens is 1. The lowest BCUT2D eigenvalue weighted by Crippen LogP contribution is -2.52. The van der Waals surface area contributed by atoms with Crippen LogP contribution in [-0.4, -0.2) is 59.6 Å². The standard InChI is InChI=1S/C24H24N4O4S2/c1-32-15-9-10-16-19(13-15)34-24(25-16)26-20(29)14-28-17-7-3-4-8-18(17)33-21(23(28)31)22(30)27-11-5-2-6-12-27/h3-4,7-10,13,21H,2,5-6,11-12,14H2,1H3,(H,25,26,29)/t21-/m1/s1. The van der Waals surface area contributed by atoms with Gasteiger partial charge in [0.05, 0.1) is 23.0 Å². The van der Waals surface area contributed by atoms with E-state index in [0.717, 1.165) is 34.4 Å². The maximum atomic E-state index is 13.4. The molecule has 0 radical (unpaired) electrons. The van der Waals surface area contributed by atoms with Crippen LogP contribution in [-0.2, 0) is 14.4 Å². The van der Waals surface area contributed by atoms with E-state index in [9.17, 15) is 14.4 Å². The summed E-state index contributed by atoms with van der Waals surface area (Å²) in [6.45, 7) is 1.15. The fourth-order valence-corrected chi connectivity index (χ4v) is 6.30. The molecule has 1 saturated heterocycles. The number of carbonyl (C=O) groups is 3. The van der Waals surface area contributed by atoms with Crippen molar-refractivity contribution >= 4 is 61.9 Å². The number of hydrogen-bond donors (Lipinski definition) is 1. The van der Waals surface area contributed by atoms with Gasteiger partial charge in [-0.2, -0.15) is 0 Å². The average Bonchev–Trinajstić information content (AvgIpc) is 3.26. The molecular formula is C24H24N4O4S2. The summed E-state index contributed by atoms with van der Waals surface area (Å²) in [7, 11) is 1.60. The number of para-hydroxylation sites is 1. The van der Waals surface area contributed by atoms with Crippen LogP contribution in [0, 0.1) is 0 Å². The number of rotatable bonds is 5. The van der Waals surface area contributed by atoms with Crippen LogP contribution >= 0.6 is 23.1 Å². The van der Waals surface area contributed by atoms with Crippen LogP contribution in [0.25, 0.3) is 10.2 Å². The summed E-state index contributed by atoms with van der Waals surface area (Å²) >= 11 is 2.61. The summed E-state index contributed by atoms with van der Waals surface area (Å²) < 4.78 is 6.13. The minimum absolute atomic E-state index is 0.172. The summed E-state index contributed by atoms with van der Waals surface area (Å²) in [6, 6.07) is 12.9. The van der Waals surface area contributed by atoms with Crippen molar-refractivity contribution in [2.45, 2.75) is 29.4 Å². The molecule has 2 aliphatic heterocycles. The molecule has 5 rings (SSSR count). The van der Waals surface area contributed by atoms with E-state index in [-0.39, 0.29) is 24.3 Å². The second-order valence-corrected chi connectivity index (χ2v) is 10.4. The highest BCUT2D eigenvalue weighted by molar-refractivity contribution is 8.01. The molecule has 1 atom stereocenters. The predicted molar refractivity (Wildman–Crippen MR) is 134 cm³/mol. The predicted octanol–water partition coefficient (Wildman–Crippen LogP) is 3.76. The smallest absolute Gasteiger partial charge is 0.250 e. The Morgan fingerprint density at radius 2 is 1.94 bits per heavy atom. The molecule has 0 spiro atoms. The number of nitrogens with zero attached hydrogens (tertiary/aromatic N) is 3. The third-order valence-electron chi connectivity index (χ3n) is 5.93. The summed E-state index contributed by atoms with van der Waals surface area (Å²) in [4.78, 5) is 48.0. The number of fused-ring (bicyclic) bond motifs is 2. The van der Waals surface area contributed by atoms with Gasteiger partial charge in [-0.1, -0.05) is 23.5 Å². The monoisotopic (exact) mass is 496 g/mol. The Morgan fingerprint density at radius 1 is 1.15 bits per heavy atom. The number of benzene rings is 2. The lowest BCUT2D eigenvalue weighted by Gasteiger charge is -2.36. The molecule has 1 fully saturated rings. The van der Waals surface area contributed by atoms with Gasteiger partial charge in [0.25, 0.3) is 5.91 Å². The lowest BCUT2D eigenvalue weighted by atomic mass is 10.1. The zero-order valence-electron chi connectivity index (χ0n) is 18.7. The Morgan fingerprint density at radius 3 is 2.74 bits per heavy atom. The topological polar surface area (TPSA) is 91.8 Å². The normalized spacial score (nSPS) is 18.0. The first-order valence-corrected chi connectivity index (χ1v) is 12.8. The van der Waals surface area contributed by atoms with Crippen molar-refractivity contribution in [3.8, 4) is 5.75 Å². The van der Waals surface area contributed by atoms with Gasteiger partial charge in [-0.15, -0.1) is 11.8 Å². The van der Waals surface area contributed by atoms with Crippen LogP contribution in [0.2, 0.25) is 0 Å². The number of nitrogens with one attached hydrogen (secondary N) is 1. The second kappa shape index (κ2) is 9.63. The van der Waals surface area contributed by atoms with Crippen LogP contribution in [0.4, 0.5) is 10.8 Å². The van der Waals surface area contributed by atoms with Crippen molar-refractivity contribution in [1.29, 1.82) is 0 Å². The van der Waals surface area contributed by atoms with Crippen LogP contribution in [0.5, 0.6) is 5.75 Å². The summed E-state index contributed by atoms with van der Waals surface area (Å²) in [6.07, 6.45) is 3.01. The number of methoxy groups -OCH3 is 1. The number of amides is 3. The lowest BCUT2D eigenvalue weighted by molar-refractivity contribution is -0.135. The summed E-state index contributed by atoms with van der Waals surface area (Å²) in [5.41, 5.74) is 1.40. The highest BCUT2D eigenvalue weighted by Crippen LogP contribution is 2.40. The molecule has 1 aromatic heterocycles. The van der Waals surface area contributed by atoms with Gasteiger partial charge >= 0.3 is 0 Å². The average molecular weight is 497 g/mol. The molecule has 2 aromatic carbocycles. The number of ether oxygens (including phenoxy) is 1. The zero-order chi connectivity index (χ0) is 23.7. The number of piperidine rings is 1. The van der Waals surface area contributed by atoms with Crippen molar-refractivity contribution < 1.29 is 19.1 Å². The van der Waals surface area contributed by atoms with Crippen LogP contribution in [0.3, 0.4) is 0 Å². The minimum Gasteiger partial charge on any atom is -0.497 e. The molecule has 2 aliphatic rings. The third kappa shape index (κ3) is 4.47. The van der Waals surface area contributed by atoms with E-state index < -0.39 is 5.25 Å². The number of carbonyl (C=O) groups excluding carboxylic acids is 3. The number of likely N-dealkylation sites (tertiary alicyclic amines) is 1. The Kier molecular flexibility index (Phi) is 6.42. The molecule has 176 valence electrons. The minimum atomic E-state index is -0.879. The number of anilines is 2. The van der Waals surface area contributed by atoms with Crippen molar-refractivity contribution in [1.82, 2.24) is 9.88 Å². The molecule has 0 saturated carbocycles. The van der Waals surface area contributed by atoms with Crippen molar-refractivity contribution in [2.24, 2.45) is 0 Å². The zero-order valence-corrected chi connectivity index (χ0v) is 20.3. The van der Waals surface area contributed by atoms with Crippen LogP contribution < -0.4 is 15.0 Å². The Bertz CT molecular complexity index is 1250. The molecule has 0 unspecified atom stereocenters. The van der Waals surface area contributed by atoms with Crippen molar-refractivity contribution in [2.75, 3.05) is 37.0 Å². The van der Waals surface area contributed by atoms with E-state index in [1.54, 1.807) is 18.1 Å². The van der Waals surface area contributed by atoms with E-state index in [1.165, 1.54) is 28.0 Å². The molecule has 10 heteroatoms. The Balaban J connectivity index is 1.35. The van der Waals surface area contributed by atoms with E-state index in [0.29, 0.717) is 29.7 Å². The van der Waals surface area contributed by atoms with E-state index in [1.807, 2.05) is 36.4 Å². The summed E-state index contributed by atoms with van der Waals surface area (Å²) in [5.74, 6) is -0.185. The number of thioether (sulfide) groups is 1. The van der Waals surface area contributed by atoms with Crippen LogP contribution in [0.1, 0.15) is 19.3 Å². The largest absolute Gasteiger partial charge is 0.497 e. The fraction of sp³-hybridized carbons (Fsp3) is 0.333. The van der Waals surface area contributed by atoms with Gasteiger partial charge in [0, 0.05) is 18.0 Å². The third-order valence-corrected chi connectivity index (χ3v) is 8.10. The van der Waals surface area contributed by atoms with Gasteiger partial charge in [-0.3, -0.25) is 14.4 Å². The molecule has 1 N–H and O–H groups in total. The molecule has 0 aliphatic carbocycles. The van der Waals surface area contributed by atoms with Gasteiger partial charge in [0.1, 0.15) is 12.3 Å². The van der Waals surface area contributed by atoms with Gasteiger partial charge < -0.3 is 19.9 Å². The maximum Gasteiger partial charge on any atom is 0.250 e. The molecule has 3 amide bonds. The van der Waals surface area contributed by atoms with Gasteiger partial charge in [0.15, 0.2) is 10.4 Å². The Hall–Kier alpha value is -3.11. The van der Waals surface area contributed by atoms with Crippen LogP contribution in [0.15, 0.2) is 47.4 Å². The first kappa shape index (κ1) is 22.7. The fourth-order valence-electron chi connectivity index (χ4n) is 4.20. The van der Waals surface area contributed by atoms with Crippen molar-refractivity contribution in [3.63, 3.8) is 0 Å². The number of hydrogen-bond acceptors (Lipinski definition) is 7. The van der Waals surface area contributed by atoms with Crippen molar-refractivity contribution in [3.05, 3.63) is 42.5 Å². The Labute approximate surface area is 205 Å². The maximum absolute atomic E-state index is 13.4. The molecule has 8 nitrogen and oxygen atoms in total. The van der Waals surface area contributed by atoms with E-state index in [2.05, 4.69) is 10.3 Å². The number of thiazole rings is 1. The highest BCUT2D eigenvalue weighted by Gasteiger charge is 2.41. The van der Waals surface area contributed by atoms with E-state index in [4.69, 9.17) is 4.74 Å². The molecule has 3 heterocycles. The first-order chi connectivity index (χ1) is 16.5. The van der Waals surface area contributed by atoms with Gasteiger partial charge in [-0.25, -0.2) is 4.98 Å². The van der Waals surface area contributed by atoms with E-state index >= 15 is 0 Å². The molecule has 3 aromatic rings.